The molecule has 0 aromatic rings. The van der Waals surface area contributed by atoms with Crippen LogP contribution in [0.1, 0.15) is 39.5 Å². The Kier molecular flexibility index (Phi) is 4.79. The van der Waals surface area contributed by atoms with Crippen molar-refractivity contribution in [1.82, 2.24) is 5.32 Å². The Morgan fingerprint density at radius 1 is 1.35 bits per heavy atom. The zero-order chi connectivity index (χ0) is 12.3. The maximum Gasteiger partial charge on any atom is 0.0684 e. The van der Waals surface area contributed by atoms with Crippen LogP contribution in [-0.2, 0) is 4.74 Å². The fourth-order valence-corrected chi connectivity index (χ4v) is 4.06. The highest BCUT2D eigenvalue weighted by Crippen LogP contribution is 2.51. The quantitative estimate of drug-likeness (QED) is 0.739. The highest BCUT2D eigenvalue weighted by Gasteiger charge is 2.57. The van der Waals surface area contributed by atoms with Crippen molar-refractivity contribution in [1.29, 1.82) is 0 Å². The molecule has 0 aromatic heterocycles. The van der Waals surface area contributed by atoms with Crippen molar-refractivity contribution in [3.05, 3.63) is 0 Å². The zero-order valence-electron chi connectivity index (χ0n) is 11.5. The van der Waals surface area contributed by atoms with Gasteiger partial charge in [0.25, 0.3) is 0 Å². The van der Waals surface area contributed by atoms with Gasteiger partial charge in [-0.25, -0.2) is 0 Å². The fraction of sp³-hybridized carbons (Fsp3) is 1.00. The lowest BCUT2D eigenvalue weighted by molar-refractivity contribution is -0.192. The number of fused-ring (bicyclic) bond motifs is 1. The van der Waals surface area contributed by atoms with Gasteiger partial charge in [-0.2, -0.15) is 11.8 Å². The van der Waals surface area contributed by atoms with E-state index in [0.29, 0.717) is 17.6 Å². The largest absolute Gasteiger partial charge is 0.377 e. The van der Waals surface area contributed by atoms with Gasteiger partial charge in [0.2, 0.25) is 0 Å². The van der Waals surface area contributed by atoms with E-state index in [1.54, 1.807) is 0 Å². The lowest BCUT2D eigenvalue weighted by atomic mass is 9.55. The fourth-order valence-electron chi connectivity index (χ4n) is 3.57. The van der Waals surface area contributed by atoms with Crippen molar-refractivity contribution in [3.8, 4) is 0 Å². The van der Waals surface area contributed by atoms with Crippen LogP contribution in [0.3, 0.4) is 0 Å². The molecule has 17 heavy (non-hydrogen) atoms. The Hall–Kier alpha value is 0.270. The first-order chi connectivity index (χ1) is 8.18. The molecule has 1 heterocycles. The van der Waals surface area contributed by atoms with Crippen LogP contribution < -0.4 is 5.32 Å². The third kappa shape index (κ3) is 2.82. The lowest BCUT2D eigenvalue weighted by Crippen LogP contribution is -2.69. The molecule has 1 N–H and O–H groups in total. The molecule has 0 bridgehead atoms. The summed E-state index contributed by atoms with van der Waals surface area (Å²) in [5.41, 5.74) is 0.338. The molecule has 0 amide bonds. The van der Waals surface area contributed by atoms with Gasteiger partial charge >= 0.3 is 0 Å². The van der Waals surface area contributed by atoms with E-state index >= 15 is 0 Å². The summed E-state index contributed by atoms with van der Waals surface area (Å²) in [6.07, 6.45) is 7.96. The Bertz CT molecular complexity index is 244. The van der Waals surface area contributed by atoms with Crippen molar-refractivity contribution in [2.45, 2.75) is 51.7 Å². The molecule has 3 unspecified atom stereocenters. The molecule has 1 aliphatic heterocycles. The third-order valence-electron chi connectivity index (χ3n) is 4.47. The van der Waals surface area contributed by atoms with Crippen LogP contribution in [0.2, 0.25) is 0 Å². The van der Waals surface area contributed by atoms with Crippen molar-refractivity contribution in [2.24, 2.45) is 11.3 Å². The second-order valence-corrected chi connectivity index (χ2v) is 7.04. The molecule has 100 valence electrons. The smallest absolute Gasteiger partial charge is 0.0684 e. The number of hydrogen-bond acceptors (Lipinski definition) is 3. The van der Waals surface area contributed by atoms with Gasteiger partial charge in [-0.15, -0.1) is 0 Å². The second kappa shape index (κ2) is 5.94. The number of nitrogens with one attached hydrogen (secondary N) is 1. The molecular weight excluding hydrogens is 230 g/mol. The highest BCUT2D eigenvalue weighted by molar-refractivity contribution is 7.98. The topological polar surface area (TPSA) is 21.3 Å². The van der Waals surface area contributed by atoms with Crippen LogP contribution in [0.4, 0.5) is 0 Å². The van der Waals surface area contributed by atoms with Crippen LogP contribution in [0.15, 0.2) is 0 Å². The Balaban J connectivity index is 1.72. The summed E-state index contributed by atoms with van der Waals surface area (Å²) in [5.74, 6) is 2.07. The molecule has 0 radical (unpaired) electrons. The first-order valence-electron chi connectivity index (χ1n) is 7.02. The van der Waals surface area contributed by atoms with E-state index in [1.165, 1.54) is 38.0 Å². The number of thioether (sulfide) groups is 1. The lowest BCUT2D eigenvalue weighted by Gasteiger charge is -2.60. The predicted molar refractivity (Wildman–Crippen MR) is 75.7 cm³/mol. The monoisotopic (exact) mass is 257 g/mol. The number of hydrogen-bond donors (Lipinski definition) is 1. The molecule has 1 aliphatic carbocycles. The summed E-state index contributed by atoms with van der Waals surface area (Å²) < 4.78 is 5.92. The molecular formula is C14H27NOS. The molecule has 3 atom stereocenters. The number of unbranched alkanes of at least 4 members (excludes halogenated alkanes) is 1. The van der Waals surface area contributed by atoms with Gasteiger partial charge in [0.15, 0.2) is 0 Å². The second-order valence-electron chi connectivity index (χ2n) is 6.05. The van der Waals surface area contributed by atoms with E-state index in [9.17, 15) is 0 Å². The van der Waals surface area contributed by atoms with Gasteiger partial charge in [-0.05, 0) is 44.2 Å². The normalized spacial score (nSPS) is 35.1. The van der Waals surface area contributed by atoms with Crippen molar-refractivity contribution in [2.75, 3.05) is 25.2 Å². The number of ether oxygens (including phenoxy) is 1. The SMILES string of the molecule is CSCCCCNC1C2CCCOC2C1(C)C. The van der Waals surface area contributed by atoms with Crippen molar-refractivity contribution in [3.63, 3.8) is 0 Å². The van der Waals surface area contributed by atoms with E-state index < -0.39 is 0 Å². The summed E-state index contributed by atoms with van der Waals surface area (Å²) in [5, 5.41) is 3.78. The molecule has 1 saturated heterocycles. The summed E-state index contributed by atoms with van der Waals surface area (Å²) in [6.45, 7) is 6.88. The average Bonchev–Trinajstić information content (AvgIpc) is 2.33. The minimum Gasteiger partial charge on any atom is -0.377 e. The van der Waals surface area contributed by atoms with E-state index in [1.807, 2.05) is 11.8 Å². The van der Waals surface area contributed by atoms with Crippen molar-refractivity contribution < 1.29 is 4.74 Å². The molecule has 2 rings (SSSR count). The van der Waals surface area contributed by atoms with E-state index in [0.717, 1.165) is 12.5 Å². The Morgan fingerprint density at radius 2 is 2.18 bits per heavy atom. The third-order valence-corrected chi connectivity index (χ3v) is 5.17. The van der Waals surface area contributed by atoms with E-state index in [2.05, 4.69) is 25.4 Å². The first-order valence-corrected chi connectivity index (χ1v) is 8.41. The van der Waals surface area contributed by atoms with E-state index in [-0.39, 0.29) is 0 Å². The molecule has 2 nitrogen and oxygen atoms in total. The predicted octanol–water partition coefficient (Wildman–Crippen LogP) is 2.92. The van der Waals surface area contributed by atoms with Crippen LogP contribution in [0.25, 0.3) is 0 Å². The van der Waals surface area contributed by atoms with Gasteiger partial charge in [0.05, 0.1) is 6.10 Å². The number of rotatable bonds is 6. The molecule has 0 spiro atoms. The van der Waals surface area contributed by atoms with Gasteiger partial charge < -0.3 is 10.1 Å². The van der Waals surface area contributed by atoms with Gasteiger partial charge in [0, 0.05) is 24.0 Å². The summed E-state index contributed by atoms with van der Waals surface area (Å²) in [6, 6.07) is 0.682. The van der Waals surface area contributed by atoms with Crippen molar-refractivity contribution >= 4 is 11.8 Å². The van der Waals surface area contributed by atoms with Crippen LogP contribution in [0, 0.1) is 11.3 Å². The van der Waals surface area contributed by atoms with Crippen LogP contribution in [-0.4, -0.2) is 37.3 Å². The maximum absolute atomic E-state index is 5.92. The summed E-state index contributed by atoms with van der Waals surface area (Å²) in [7, 11) is 0. The maximum atomic E-state index is 5.92. The molecule has 3 heteroatoms. The minimum atomic E-state index is 0.338. The average molecular weight is 257 g/mol. The van der Waals surface area contributed by atoms with Gasteiger partial charge in [-0.3, -0.25) is 0 Å². The zero-order valence-corrected chi connectivity index (χ0v) is 12.3. The highest BCUT2D eigenvalue weighted by atomic mass is 32.2. The molecule has 1 saturated carbocycles. The van der Waals surface area contributed by atoms with Crippen LogP contribution in [0.5, 0.6) is 0 Å². The standard InChI is InChI=1S/C14H27NOS/c1-14(2)12(15-8-4-5-10-17-3)11-7-6-9-16-13(11)14/h11-13,15H,4-10H2,1-3H3. The Morgan fingerprint density at radius 3 is 2.94 bits per heavy atom. The molecule has 2 aliphatic rings. The van der Waals surface area contributed by atoms with Gasteiger partial charge in [-0.1, -0.05) is 13.8 Å². The van der Waals surface area contributed by atoms with Crippen LogP contribution >= 0.6 is 11.8 Å². The summed E-state index contributed by atoms with van der Waals surface area (Å²) in [4.78, 5) is 0. The summed E-state index contributed by atoms with van der Waals surface area (Å²) >= 11 is 1.95. The van der Waals surface area contributed by atoms with Gasteiger partial charge in [0.1, 0.15) is 0 Å². The molecule has 2 fully saturated rings. The van der Waals surface area contributed by atoms with E-state index in [4.69, 9.17) is 4.74 Å². The first kappa shape index (κ1) is 13.7. The molecule has 0 aromatic carbocycles. The minimum absolute atomic E-state index is 0.338. The Labute approximate surface area is 110 Å².